The van der Waals surface area contributed by atoms with Gasteiger partial charge < -0.3 is 20.0 Å². The number of ether oxygens (including phenoxy) is 2. The fourth-order valence-corrected chi connectivity index (χ4v) is 10.5. The highest BCUT2D eigenvalue weighted by molar-refractivity contribution is 5.87. The van der Waals surface area contributed by atoms with Gasteiger partial charge in [0.1, 0.15) is 29.9 Å². The van der Waals surface area contributed by atoms with Crippen molar-refractivity contribution in [2.24, 2.45) is 27.6 Å². The summed E-state index contributed by atoms with van der Waals surface area (Å²) in [5, 5.41) is 26.7. The third kappa shape index (κ3) is 6.71. The zero-order chi connectivity index (χ0) is 35.4. The molecule has 2 aromatic rings. The summed E-state index contributed by atoms with van der Waals surface area (Å²) in [7, 11) is 0. The van der Waals surface area contributed by atoms with Crippen LogP contribution in [0.5, 0.6) is 11.5 Å². The summed E-state index contributed by atoms with van der Waals surface area (Å²) in [5.74, 6) is 2.98. The number of esters is 1. The molecule has 4 unspecified atom stereocenters. The lowest BCUT2D eigenvalue weighted by molar-refractivity contribution is -0.246. The monoisotopic (exact) mass is 685 g/mol. The summed E-state index contributed by atoms with van der Waals surface area (Å²) in [6, 6.07) is 15.1. The highest BCUT2D eigenvalue weighted by Crippen LogP contribution is 2.64. The molecule has 6 atom stereocenters. The number of piperidine rings is 1. The van der Waals surface area contributed by atoms with E-state index in [-0.39, 0.29) is 34.4 Å². The van der Waals surface area contributed by atoms with Gasteiger partial charge in [0.2, 0.25) is 0 Å². The molecule has 2 aromatic carbocycles. The minimum absolute atomic E-state index is 0.0957. The molecule has 0 aromatic heterocycles. The minimum Gasteiger partial charge on any atom is -0.492 e. The molecule has 7 rings (SSSR count). The van der Waals surface area contributed by atoms with Crippen LogP contribution in [0.3, 0.4) is 0 Å². The molecule has 10 nitrogen and oxygen atoms in total. The fourth-order valence-electron chi connectivity index (χ4n) is 10.5. The number of ketones is 1. The Balaban J connectivity index is 0.960. The van der Waals surface area contributed by atoms with Gasteiger partial charge >= 0.3 is 5.97 Å². The number of nitrogens with one attached hydrogen (secondary N) is 1. The van der Waals surface area contributed by atoms with E-state index in [1.807, 2.05) is 11.1 Å². The Morgan fingerprint density at radius 3 is 2.42 bits per heavy atom. The molecule has 1 saturated heterocycles. The van der Waals surface area contributed by atoms with Gasteiger partial charge in [-0.3, -0.25) is 14.6 Å². The SMILES string of the molecule is CC(=O)Oc1ccc2c(c1)CCC1C2[C@@H](c2ccc(OCCN3CC(CNC4CC(C)(C)N(O)C(C)(C)C4)N=N3)cc2)C[C@]2(C)C(=O)CCC12. The van der Waals surface area contributed by atoms with Crippen LogP contribution in [0.15, 0.2) is 52.8 Å². The number of hydrogen-bond donors (Lipinski definition) is 2. The van der Waals surface area contributed by atoms with Crippen molar-refractivity contribution in [1.82, 2.24) is 15.4 Å². The van der Waals surface area contributed by atoms with Crippen LogP contribution in [-0.4, -0.2) is 76.4 Å². The Kier molecular flexibility index (Phi) is 9.35. The summed E-state index contributed by atoms with van der Waals surface area (Å²) < 4.78 is 11.6. The van der Waals surface area contributed by atoms with Crippen molar-refractivity contribution in [3.05, 3.63) is 59.2 Å². The van der Waals surface area contributed by atoms with Crippen LogP contribution in [0.1, 0.15) is 109 Å². The van der Waals surface area contributed by atoms with E-state index in [9.17, 15) is 14.8 Å². The second-order valence-electron chi connectivity index (χ2n) is 17.1. The first-order valence-corrected chi connectivity index (χ1v) is 18.7. The quantitative estimate of drug-likeness (QED) is 0.217. The average Bonchev–Trinajstić information content (AvgIpc) is 3.64. The lowest BCUT2D eigenvalue weighted by Gasteiger charge is -2.52. The van der Waals surface area contributed by atoms with Gasteiger partial charge in [-0.25, -0.2) is 0 Å². The number of carbonyl (C=O) groups excluding carboxylic acids is 2. The first kappa shape index (κ1) is 35.1. The molecule has 0 spiro atoms. The molecule has 0 radical (unpaired) electrons. The zero-order valence-electron chi connectivity index (χ0n) is 30.7. The van der Waals surface area contributed by atoms with E-state index >= 15 is 0 Å². The Bertz CT molecular complexity index is 1610. The van der Waals surface area contributed by atoms with Crippen LogP contribution in [-0.2, 0) is 16.0 Å². The number of Topliss-reactive ketones (excluding diaryl/α,β-unsaturated/α-hetero) is 1. The van der Waals surface area contributed by atoms with E-state index in [1.54, 1.807) is 0 Å². The number of aryl methyl sites for hydroxylation is 1. The number of hydrogen-bond acceptors (Lipinski definition) is 10. The fraction of sp³-hybridized carbons (Fsp3) is 0.650. The second-order valence-corrected chi connectivity index (χ2v) is 17.1. The van der Waals surface area contributed by atoms with E-state index < -0.39 is 0 Å². The molecule has 270 valence electrons. The lowest BCUT2D eigenvalue weighted by atomic mass is 9.51. The van der Waals surface area contributed by atoms with Gasteiger partial charge in [0.15, 0.2) is 0 Å². The maximum Gasteiger partial charge on any atom is 0.308 e. The normalized spacial score (nSPS) is 31.6. The standard InChI is InChI=1S/C40H55N5O5/c1-25(46)50-31-12-14-32-27(19-31)9-13-33-35-15-16-36(47)40(35,6)22-34(37(32)33)26-7-10-30(11-8-26)49-18-17-44-24-29(42-43-44)23-41-28-20-38(2,3)45(48)39(4,5)21-28/h7-8,10-12,14,19,28-29,33-35,37,41,48H,9,13,15-18,20-24H2,1-6H3/t29?,33?,34-,35?,37?,40+/m1/s1. The highest BCUT2D eigenvalue weighted by atomic mass is 16.5. The minimum atomic E-state index is -0.303. The molecule has 2 N–H and O–H groups in total. The van der Waals surface area contributed by atoms with Crippen LogP contribution in [0, 0.1) is 17.3 Å². The maximum absolute atomic E-state index is 13.3. The molecule has 2 saturated carbocycles. The van der Waals surface area contributed by atoms with Crippen LogP contribution in [0.25, 0.3) is 0 Å². The summed E-state index contributed by atoms with van der Waals surface area (Å²) in [5.41, 5.74) is 3.01. The number of benzene rings is 2. The number of carbonyl (C=O) groups is 2. The third-order valence-electron chi connectivity index (χ3n) is 12.6. The van der Waals surface area contributed by atoms with Gasteiger partial charge in [-0.05, 0) is 131 Å². The Morgan fingerprint density at radius 1 is 0.980 bits per heavy atom. The van der Waals surface area contributed by atoms with E-state index in [4.69, 9.17) is 9.47 Å². The van der Waals surface area contributed by atoms with Gasteiger partial charge in [0.05, 0.1) is 13.1 Å². The Labute approximate surface area is 296 Å². The highest BCUT2D eigenvalue weighted by Gasteiger charge is 2.58. The zero-order valence-corrected chi connectivity index (χ0v) is 30.7. The maximum atomic E-state index is 13.3. The third-order valence-corrected chi connectivity index (χ3v) is 12.6. The Hall–Kier alpha value is -3.34. The first-order valence-electron chi connectivity index (χ1n) is 18.7. The predicted octanol–water partition coefficient (Wildman–Crippen LogP) is 6.86. The summed E-state index contributed by atoms with van der Waals surface area (Å²) in [6.45, 7) is 14.7. The number of hydroxylamine groups is 2. The van der Waals surface area contributed by atoms with Crippen LogP contribution in [0.4, 0.5) is 0 Å². The van der Waals surface area contributed by atoms with Crippen molar-refractivity contribution in [3.8, 4) is 11.5 Å². The topological polar surface area (TPSA) is 116 Å². The van der Waals surface area contributed by atoms with Gasteiger partial charge in [0, 0.05) is 42.4 Å². The predicted molar refractivity (Wildman–Crippen MR) is 190 cm³/mol. The molecule has 2 heterocycles. The van der Waals surface area contributed by atoms with Gasteiger partial charge in [-0.2, -0.15) is 10.2 Å². The van der Waals surface area contributed by atoms with E-state index in [1.165, 1.54) is 28.7 Å². The summed E-state index contributed by atoms with van der Waals surface area (Å²) in [6.07, 6.45) is 6.28. The molecule has 2 aliphatic heterocycles. The molecule has 0 bridgehead atoms. The van der Waals surface area contributed by atoms with Gasteiger partial charge in [0.25, 0.3) is 0 Å². The number of rotatable bonds is 9. The van der Waals surface area contributed by atoms with Crippen molar-refractivity contribution in [1.29, 1.82) is 0 Å². The van der Waals surface area contributed by atoms with Crippen LogP contribution >= 0.6 is 0 Å². The molecule has 0 amide bonds. The molecule has 3 fully saturated rings. The van der Waals surface area contributed by atoms with Gasteiger partial charge in [-0.1, -0.05) is 30.3 Å². The van der Waals surface area contributed by atoms with Crippen LogP contribution in [0.2, 0.25) is 0 Å². The number of fused-ring (bicyclic) bond motifs is 5. The molecular formula is C40H55N5O5. The van der Waals surface area contributed by atoms with E-state index in [0.717, 1.165) is 57.4 Å². The van der Waals surface area contributed by atoms with Crippen molar-refractivity contribution in [2.45, 2.75) is 121 Å². The number of nitrogens with zero attached hydrogens (tertiary/aromatic N) is 4. The van der Waals surface area contributed by atoms with Crippen LogP contribution < -0.4 is 14.8 Å². The Morgan fingerprint density at radius 2 is 1.70 bits per heavy atom. The van der Waals surface area contributed by atoms with E-state index in [0.29, 0.717) is 54.9 Å². The first-order chi connectivity index (χ1) is 23.7. The lowest BCUT2D eigenvalue weighted by Crippen LogP contribution is -2.62. The van der Waals surface area contributed by atoms with Gasteiger partial charge in [-0.15, -0.1) is 0 Å². The summed E-state index contributed by atoms with van der Waals surface area (Å²) in [4.78, 5) is 25.0. The molecule has 10 heteroatoms. The molecule has 3 aliphatic carbocycles. The molecular weight excluding hydrogens is 630 g/mol. The van der Waals surface area contributed by atoms with Crippen molar-refractivity contribution < 1.29 is 24.3 Å². The second kappa shape index (κ2) is 13.3. The largest absolute Gasteiger partial charge is 0.492 e. The van der Waals surface area contributed by atoms with Crippen molar-refractivity contribution in [2.75, 3.05) is 26.2 Å². The smallest absolute Gasteiger partial charge is 0.308 e. The average molecular weight is 686 g/mol. The molecule has 50 heavy (non-hydrogen) atoms. The van der Waals surface area contributed by atoms with Crippen molar-refractivity contribution in [3.63, 3.8) is 0 Å². The van der Waals surface area contributed by atoms with Crippen molar-refractivity contribution >= 4 is 11.8 Å². The molecule has 5 aliphatic rings. The summed E-state index contributed by atoms with van der Waals surface area (Å²) >= 11 is 0. The van der Waals surface area contributed by atoms with E-state index in [2.05, 4.69) is 86.7 Å².